The van der Waals surface area contributed by atoms with Crippen molar-refractivity contribution in [3.8, 4) is 0 Å². The molecule has 0 fully saturated rings. The summed E-state index contributed by atoms with van der Waals surface area (Å²) in [6.07, 6.45) is 3.29. The van der Waals surface area contributed by atoms with Crippen molar-refractivity contribution in [3.63, 3.8) is 0 Å². The highest BCUT2D eigenvalue weighted by molar-refractivity contribution is 7.98. The van der Waals surface area contributed by atoms with Gasteiger partial charge in [0.25, 0.3) is 0 Å². The lowest BCUT2D eigenvalue weighted by Crippen LogP contribution is -2.23. The molecule has 88 valence electrons. The van der Waals surface area contributed by atoms with Crippen molar-refractivity contribution in [2.75, 3.05) is 12.8 Å². The number of nitrogens with one attached hydrogen (secondary N) is 1. The van der Waals surface area contributed by atoms with Crippen molar-refractivity contribution >= 4 is 17.7 Å². The van der Waals surface area contributed by atoms with Gasteiger partial charge in [0.05, 0.1) is 0 Å². The minimum absolute atomic E-state index is 0.0707. The van der Waals surface area contributed by atoms with Crippen LogP contribution >= 0.6 is 11.8 Å². The van der Waals surface area contributed by atoms with E-state index in [0.29, 0.717) is 19.5 Å². The normalized spacial score (nSPS) is 10.1. The Morgan fingerprint density at radius 2 is 2.19 bits per heavy atom. The molecule has 3 nitrogen and oxygen atoms in total. The van der Waals surface area contributed by atoms with Crippen LogP contribution in [0.5, 0.6) is 0 Å². The van der Waals surface area contributed by atoms with Crippen molar-refractivity contribution in [3.05, 3.63) is 29.8 Å². The van der Waals surface area contributed by atoms with Gasteiger partial charge in [-0.25, -0.2) is 0 Å². The minimum Gasteiger partial charge on any atom is -0.352 e. The molecule has 0 saturated carbocycles. The number of carbonyl (C=O) groups excluding carboxylic acids is 1. The first-order valence-corrected chi connectivity index (χ1v) is 6.59. The van der Waals surface area contributed by atoms with Gasteiger partial charge in [0.1, 0.15) is 0 Å². The molecule has 0 aromatic heterocycles. The third kappa shape index (κ3) is 4.24. The van der Waals surface area contributed by atoms with Gasteiger partial charge in [0.15, 0.2) is 0 Å². The summed E-state index contributed by atoms with van der Waals surface area (Å²) in [6, 6.07) is 8.09. The van der Waals surface area contributed by atoms with E-state index in [4.69, 9.17) is 5.73 Å². The lowest BCUT2D eigenvalue weighted by molar-refractivity contribution is -0.121. The summed E-state index contributed by atoms with van der Waals surface area (Å²) in [4.78, 5) is 12.6. The van der Waals surface area contributed by atoms with Gasteiger partial charge >= 0.3 is 0 Å². The fourth-order valence-corrected chi connectivity index (χ4v) is 2.01. The lowest BCUT2D eigenvalue weighted by atomic mass is 10.2. The van der Waals surface area contributed by atoms with E-state index in [-0.39, 0.29) is 5.91 Å². The Labute approximate surface area is 101 Å². The predicted molar refractivity (Wildman–Crippen MR) is 68.4 cm³/mol. The first-order chi connectivity index (χ1) is 7.77. The number of nitrogens with two attached hydrogens (primary N) is 1. The van der Waals surface area contributed by atoms with Gasteiger partial charge in [-0.1, -0.05) is 18.2 Å². The topological polar surface area (TPSA) is 55.1 Å². The highest BCUT2D eigenvalue weighted by Crippen LogP contribution is 2.19. The number of amides is 1. The summed E-state index contributed by atoms with van der Waals surface area (Å²) < 4.78 is 0. The van der Waals surface area contributed by atoms with E-state index >= 15 is 0 Å². The zero-order chi connectivity index (χ0) is 11.8. The summed E-state index contributed by atoms with van der Waals surface area (Å²) in [5, 5.41) is 2.90. The third-order valence-electron chi connectivity index (χ3n) is 2.28. The van der Waals surface area contributed by atoms with Crippen LogP contribution in [-0.4, -0.2) is 18.7 Å². The molecule has 0 aliphatic rings. The Morgan fingerprint density at radius 1 is 1.44 bits per heavy atom. The molecule has 0 radical (unpaired) electrons. The summed E-state index contributed by atoms with van der Waals surface area (Å²) in [7, 11) is 0. The highest BCUT2D eigenvalue weighted by Gasteiger charge is 2.03. The second kappa shape index (κ2) is 7.30. The van der Waals surface area contributed by atoms with Gasteiger partial charge in [-0.15, -0.1) is 11.8 Å². The fourth-order valence-electron chi connectivity index (χ4n) is 1.39. The van der Waals surface area contributed by atoms with Crippen molar-refractivity contribution < 1.29 is 4.79 Å². The first kappa shape index (κ1) is 13.1. The number of hydrogen-bond acceptors (Lipinski definition) is 3. The number of rotatable bonds is 6. The Hall–Kier alpha value is -1.00. The molecule has 0 spiro atoms. The minimum atomic E-state index is 0.0707. The van der Waals surface area contributed by atoms with E-state index in [0.717, 1.165) is 12.0 Å². The fraction of sp³-hybridized carbons (Fsp3) is 0.417. The van der Waals surface area contributed by atoms with Gasteiger partial charge in [0, 0.05) is 17.9 Å². The van der Waals surface area contributed by atoms with Crippen LogP contribution in [0, 0.1) is 0 Å². The van der Waals surface area contributed by atoms with Crippen LogP contribution in [0.2, 0.25) is 0 Å². The zero-order valence-electron chi connectivity index (χ0n) is 9.53. The zero-order valence-corrected chi connectivity index (χ0v) is 10.3. The van der Waals surface area contributed by atoms with Gasteiger partial charge in [-0.3, -0.25) is 4.79 Å². The molecule has 0 atom stereocenters. The summed E-state index contributed by atoms with van der Waals surface area (Å²) in [6.45, 7) is 1.16. The molecule has 0 unspecified atom stereocenters. The molecule has 4 heteroatoms. The van der Waals surface area contributed by atoms with Gasteiger partial charge in [-0.2, -0.15) is 0 Å². The Kier molecular flexibility index (Phi) is 5.96. The van der Waals surface area contributed by atoms with Gasteiger partial charge in [-0.05, 0) is 30.9 Å². The van der Waals surface area contributed by atoms with Gasteiger partial charge < -0.3 is 11.1 Å². The molecule has 0 saturated heterocycles. The summed E-state index contributed by atoms with van der Waals surface area (Å²) in [5.74, 6) is 0.0707. The van der Waals surface area contributed by atoms with Crippen LogP contribution in [0.25, 0.3) is 0 Å². The van der Waals surface area contributed by atoms with Crippen molar-refractivity contribution in [1.82, 2.24) is 5.32 Å². The summed E-state index contributed by atoms with van der Waals surface area (Å²) in [5.41, 5.74) is 6.51. The van der Waals surface area contributed by atoms with Crippen LogP contribution in [0.3, 0.4) is 0 Å². The number of thioether (sulfide) groups is 1. The average molecular weight is 238 g/mol. The van der Waals surface area contributed by atoms with Crippen LogP contribution in [-0.2, 0) is 11.3 Å². The summed E-state index contributed by atoms with van der Waals surface area (Å²) >= 11 is 1.69. The molecular weight excluding hydrogens is 220 g/mol. The standard InChI is InChI=1S/C12H18N2OS/c1-16-11-6-3-2-5-10(11)9-14-12(15)7-4-8-13/h2-3,5-6H,4,7-9,13H2,1H3,(H,14,15). The van der Waals surface area contributed by atoms with E-state index in [1.54, 1.807) is 11.8 Å². The van der Waals surface area contributed by atoms with Crippen LogP contribution in [0.15, 0.2) is 29.2 Å². The molecule has 0 aliphatic carbocycles. The van der Waals surface area contributed by atoms with Crippen molar-refractivity contribution in [2.45, 2.75) is 24.3 Å². The smallest absolute Gasteiger partial charge is 0.220 e. The Bertz CT molecular complexity index is 342. The predicted octanol–water partition coefficient (Wildman–Crippen LogP) is 1.76. The second-order valence-corrected chi connectivity index (χ2v) is 4.33. The monoisotopic (exact) mass is 238 g/mol. The molecule has 0 heterocycles. The SMILES string of the molecule is CSc1ccccc1CNC(=O)CCCN. The van der Waals surface area contributed by atoms with Gasteiger partial charge in [0.2, 0.25) is 5.91 Å². The molecule has 16 heavy (non-hydrogen) atoms. The van der Waals surface area contributed by atoms with E-state index in [9.17, 15) is 4.79 Å². The first-order valence-electron chi connectivity index (χ1n) is 5.36. The van der Waals surface area contributed by atoms with E-state index in [1.807, 2.05) is 24.5 Å². The maximum atomic E-state index is 11.4. The maximum Gasteiger partial charge on any atom is 0.220 e. The maximum absolute atomic E-state index is 11.4. The van der Waals surface area contributed by atoms with E-state index < -0.39 is 0 Å². The Balaban J connectivity index is 2.44. The Morgan fingerprint density at radius 3 is 2.88 bits per heavy atom. The van der Waals surface area contributed by atoms with E-state index in [2.05, 4.69) is 11.4 Å². The molecule has 3 N–H and O–H groups in total. The molecule has 0 aliphatic heterocycles. The molecule has 1 amide bonds. The molecule has 1 aromatic carbocycles. The number of benzene rings is 1. The number of carbonyl (C=O) groups is 1. The highest BCUT2D eigenvalue weighted by atomic mass is 32.2. The van der Waals surface area contributed by atoms with E-state index in [1.165, 1.54) is 4.90 Å². The molecule has 0 bridgehead atoms. The molecule has 1 aromatic rings. The van der Waals surface area contributed by atoms with Crippen LogP contribution in [0.4, 0.5) is 0 Å². The third-order valence-corrected chi connectivity index (χ3v) is 3.11. The largest absolute Gasteiger partial charge is 0.352 e. The average Bonchev–Trinajstić information content (AvgIpc) is 2.34. The lowest BCUT2D eigenvalue weighted by Gasteiger charge is -2.08. The second-order valence-electron chi connectivity index (χ2n) is 3.48. The van der Waals surface area contributed by atoms with Crippen LogP contribution in [0.1, 0.15) is 18.4 Å². The molecule has 1 rings (SSSR count). The van der Waals surface area contributed by atoms with Crippen LogP contribution < -0.4 is 11.1 Å². The van der Waals surface area contributed by atoms with Crippen molar-refractivity contribution in [2.24, 2.45) is 5.73 Å². The number of hydrogen-bond donors (Lipinski definition) is 2. The quantitative estimate of drug-likeness (QED) is 0.743. The van der Waals surface area contributed by atoms with Crippen molar-refractivity contribution in [1.29, 1.82) is 0 Å². The molecular formula is C12H18N2OS.